The Balaban J connectivity index is 1.42. The minimum absolute atomic E-state index is 0.0124. The van der Waals surface area contributed by atoms with E-state index in [0.717, 1.165) is 60.1 Å². The van der Waals surface area contributed by atoms with Crippen molar-refractivity contribution < 1.29 is 9.53 Å². The molecule has 0 radical (unpaired) electrons. The molecule has 166 valence electrons. The molecule has 1 saturated carbocycles. The summed E-state index contributed by atoms with van der Waals surface area (Å²) < 4.78 is 8.28. The number of fused-ring (bicyclic) bond motifs is 1. The van der Waals surface area contributed by atoms with E-state index in [-0.39, 0.29) is 11.9 Å². The van der Waals surface area contributed by atoms with Crippen LogP contribution in [0.15, 0.2) is 55.4 Å². The summed E-state index contributed by atoms with van der Waals surface area (Å²) in [5.74, 6) is 0.912. The molecule has 1 aliphatic heterocycles. The van der Waals surface area contributed by atoms with Crippen LogP contribution in [0.2, 0.25) is 0 Å². The number of hydrogen-bond donors (Lipinski definition) is 0. The number of ether oxygens (including phenoxy) is 1. The van der Waals surface area contributed by atoms with Gasteiger partial charge in [-0.25, -0.2) is 0 Å². The summed E-state index contributed by atoms with van der Waals surface area (Å²) in [5.41, 5.74) is 3.02. The largest absolute Gasteiger partial charge is 0.490 e. The van der Waals surface area contributed by atoms with Crippen molar-refractivity contribution in [3.8, 4) is 17.0 Å². The van der Waals surface area contributed by atoms with Crippen LogP contribution in [0.1, 0.15) is 51.0 Å². The fraction of sp³-hybridized carbons (Fsp3) is 0.423. The third kappa shape index (κ3) is 4.14. The molecule has 2 aromatic heterocycles. The molecule has 1 unspecified atom stereocenters. The molecule has 1 aromatic carbocycles. The lowest BCUT2D eigenvalue weighted by molar-refractivity contribution is -0.127. The summed E-state index contributed by atoms with van der Waals surface area (Å²) >= 11 is 0. The second-order valence-electron chi connectivity index (χ2n) is 8.87. The van der Waals surface area contributed by atoms with E-state index in [1.165, 1.54) is 25.3 Å². The van der Waals surface area contributed by atoms with Gasteiger partial charge in [-0.2, -0.15) is 5.10 Å². The SMILES string of the molecule is C=CC(=O)N1CCCC(n2nc(-c3ccc(OC4CCCCC4)cc3)c3cnccc32)C1. The van der Waals surface area contributed by atoms with Gasteiger partial charge >= 0.3 is 0 Å². The molecule has 3 heterocycles. The Labute approximate surface area is 188 Å². The highest BCUT2D eigenvalue weighted by atomic mass is 16.5. The molecule has 2 aliphatic rings. The second kappa shape index (κ2) is 9.15. The Morgan fingerprint density at radius 1 is 1.06 bits per heavy atom. The van der Waals surface area contributed by atoms with E-state index < -0.39 is 0 Å². The fourth-order valence-corrected chi connectivity index (χ4v) is 5.03. The van der Waals surface area contributed by atoms with Crippen LogP contribution in [0.4, 0.5) is 0 Å². The number of rotatable bonds is 5. The fourth-order valence-electron chi connectivity index (χ4n) is 5.03. The zero-order valence-electron chi connectivity index (χ0n) is 18.4. The van der Waals surface area contributed by atoms with Crippen LogP contribution < -0.4 is 4.74 Å². The molecular formula is C26H30N4O2. The van der Waals surface area contributed by atoms with Crippen molar-refractivity contribution in [2.24, 2.45) is 0 Å². The highest BCUT2D eigenvalue weighted by molar-refractivity contribution is 5.93. The lowest BCUT2D eigenvalue weighted by atomic mass is 9.98. The highest BCUT2D eigenvalue weighted by Gasteiger charge is 2.26. The Kier molecular flexibility index (Phi) is 5.93. The van der Waals surface area contributed by atoms with Crippen LogP contribution in [0.25, 0.3) is 22.2 Å². The van der Waals surface area contributed by atoms with Gasteiger partial charge in [0.05, 0.1) is 17.7 Å². The van der Waals surface area contributed by atoms with Crippen molar-refractivity contribution in [1.29, 1.82) is 0 Å². The maximum absolute atomic E-state index is 12.2. The number of benzene rings is 1. The first-order chi connectivity index (χ1) is 15.7. The topological polar surface area (TPSA) is 60.2 Å². The van der Waals surface area contributed by atoms with Crippen molar-refractivity contribution >= 4 is 16.8 Å². The van der Waals surface area contributed by atoms with Gasteiger partial charge in [0, 0.05) is 36.4 Å². The van der Waals surface area contributed by atoms with E-state index in [4.69, 9.17) is 9.84 Å². The third-order valence-electron chi connectivity index (χ3n) is 6.72. The molecule has 6 heteroatoms. The summed E-state index contributed by atoms with van der Waals surface area (Å²) in [6.07, 6.45) is 13.5. The Morgan fingerprint density at radius 2 is 1.88 bits per heavy atom. The van der Waals surface area contributed by atoms with Gasteiger partial charge < -0.3 is 9.64 Å². The predicted molar refractivity (Wildman–Crippen MR) is 126 cm³/mol. The van der Waals surface area contributed by atoms with Gasteiger partial charge in [-0.15, -0.1) is 0 Å². The molecule has 0 N–H and O–H groups in total. The molecule has 3 aromatic rings. The number of carbonyl (C=O) groups is 1. The van der Waals surface area contributed by atoms with Crippen LogP contribution in [-0.2, 0) is 4.79 Å². The molecule has 2 fully saturated rings. The summed E-state index contributed by atoms with van der Waals surface area (Å²) in [6.45, 7) is 5.06. The van der Waals surface area contributed by atoms with Crippen molar-refractivity contribution in [1.82, 2.24) is 19.7 Å². The van der Waals surface area contributed by atoms with Crippen LogP contribution in [0, 0.1) is 0 Å². The van der Waals surface area contributed by atoms with E-state index in [2.05, 4.69) is 40.5 Å². The zero-order chi connectivity index (χ0) is 21.9. The molecular weight excluding hydrogens is 400 g/mol. The minimum atomic E-state index is -0.0124. The van der Waals surface area contributed by atoms with Crippen molar-refractivity contribution in [2.75, 3.05) is 13.1 Å². The first kappa shape index (κ1) is 20.7. The Morgan fingerprint density at radius 3 is 2.66 bits per heavy atom. The molecule has 1 saturated heterocycles. The van der Waals surface area contributed by atoms with Gasteiger partial charge in [0.25, 0.3) is 0 Å². The van der Waals surface area contributed by atoms with Crippen molar-refractivity contribution in [3.63, 3.8) is 0 Å². The number of carbonyl (C=O) groups excluding carboxylic acids is 1. The van der Waals surface area contributed by atoms with Crippen molar-refractivity contribution in [2.45, 2.75) is 57.1 Å². The van der Waals surface area contributed by atoms with E-state index in [0.29, 0.717) is 12.6 Å². The molecule has 1 atom stereocenters. The van der Waals surface area contributed by atoms with Gasteiger partial charge in [-0.05, 0) is 74.9 Å². The van der Waals surface area contributed by atoms with E-state index in [1.807, 2.05) is 17.2 Å². The number of amides is 1. The molecule has 1 aliphatic carbocycles. The second-order valence-corrected chi connectivity index (χ2v) is 8.87. The Bertz CT molecular complexity index is 1100. The quantitative estimate of drug-likeness (QED) is 0.525. The Hall–Kier alpha value is -3.15. The van der Waals surface area contributed by atoms with Crippen LogP contribution in [0.3, 0.4) is 0 Å². The minimum Gasteiger partial charge on any atom is -0.490 e. The summed E-state index contributed by atoms with van der Waals surface area (Å²) in [4.78, 5) is 18.4. The van der Waals surface area contributed by atoms with Gasteiger partial charge in [0.15, 0.2) is 0 Å². The normalized spacial score (nSPS) is 19.8. The van der Waals surface area contributed by atoms with E-state index >= 15 is 0 Å². The van der Waals surface area contributed by atoms with Gasteiger partial charge in [-0.3, -0.25) is 14.5 Å². The highest BCUT2D eigenvalue weighted by Crippen LogP contribution is 2.33. The maximum Gasteiger partial charge on any atom is 0.246 e. The average Bonchev–Trinajstić information content (AvgIpc) is 3.24. The number of nitrogens with zero attached hydrogens (tertiary/aromatic N) is 4. The number of piperidine rings is 1. The van der Waals surface area contributed by atoms with Crippen LogP contribution in [-0.4, -0.2) is 44.8 Å². The molecule has 32 heavy (non-hydrogen) atoms. The standard InChI is InChI=1S/C26H30N4O2/c1-2-25(31)29-16-6-7-20(18-29)30-24-14-15-27-17-23(24)26(28-30)19-10-12-22(13-11-19)32-21-8-4-3-5-9-21/h2,10-15,17,20-21H,1,3-9,16,18H2. The van der Waals surface area contributed by atoms with Crippen LogP contribution in [0.5, 0.6) is 5.75 Å². The molecule has 6 nitrogen and oxygen atoms in total. The molecule has 5 rings (SSSR count). The van der Waals surface area contributed by atoms with Gasteiger partial charge in [0.1, 0.15) is 11.4 Å². The third-order valence-corrected chi connectivity index (χ3v) is 6.72. The summed E-state index contributed by atoms with van der Waals surface area (Å²) in [5, 5.41) is 6.05. The van der Waals surface area contributed by atoms with Gasteiger partial charge in [-0.1, -0.05) is 13.0 Å². The van der Waals surface area contributed by atoms with E-state index in [1.54, 1.807) is 6.20 Å². The van der Waals surface area contributed by atoms with E-state index in [9.17, 15) is 4.79 Å². The predicted octanol–water partition coefficient (Wildman–Crippen LogP) is 5.16. The number of hydrogen-bond acceptors (Lipinski definition) is 4. The molecule has 0 spiro atoms. The lowest BCUT2D eigenvalue weighted by Gasteiger charge is -2.32. The molecule has 0 bridgehead atoms. The smallest absolute Gasteiger partial charge is 0.246 e. The van der Waals surface area contributed by atoms with Crippen molar-refractivity contribution in [3.05, 3.63) is 55.4 Å². The number of pyridine rings is 1. The number of likely N-dealkylation sites (tertiary alicyclic amines) is 1. The number of aromatic nitrogens is 3. The first-order valence-corrected chi connectivity index (χ1v) is 11.7. The first-order valence-electron chi connectivity index (χ1n) is 11.7. The van der Waals surface area contributed by atoms with Gasteiger partial charge in [0.2, 0.25) is 5.91 Å². The summed E-state index contributed by atoms with van der Waals surface area (Å²) in [6, 6.07) is 10.4. The zero-order valence-corrected chi connectivity index (χ0v) is 18.4. The molecule has 1 amide bonds. The van der Waals surface area contributed by atoms with Crippen LogP contribution >= 0.6 is 0 Å². The average molecular weight is 431 g/mol. The monoisotopic (exact) mass is 430 g/mol. The summed E-state index contributed by atoms with van der Waals surface area (Å²) in [7, 11) is 0. The lowest BCUT2D eigenvalue weighted by Crippen LogP contribution is -2.40. The maximum atomic E-state index is 12.2.